The van der Waals surface area contributed by atoms with E-state index in [1.807, 2.05) is 24.3 Å². The summed E-state index contributed by atoms with van der Waals surface area (Å²) in [5.41, 5.74) is 2.40. The first-order chi connectivity index (χ1) is 19.8. The van der Waals surface area contributed by atoms with Crippen molar-refractivity contribution in [2.75, 3.05) is 24.7 Å². The Balaban J connectivity index is 1.17. The number of carbonyl (C=O) groups excluding carboxylic acids is 1. The van der Waals surface area contributed by atoms with E-state index in [1.54, 1.807) is 16.7 Å². The number of nitro groups is 1. The van der Waals surface area contributed by atoms with Crippen molar-refractivity contribution >= 4 is 25.9 Å². The Morgan fingerprint density at radius 1 is 1.17 bits per heavy atom. The zero-order valence-electron chi connectivity index (χ0n) is 24.3. The molecule has 0 saturated carbocycles. The van der Waals surface area contributed by atoms with E-state index in [1.165, 1.54) is 17.2 Å². The van der Waals surface area contributed by atoms with E-state index in [4.69, 9.17) is 18.6 Å². The molecule has 0 bridgehead atoms. The van der Waals surface area contributed by atoms with Gasteiger partial charge in [-0.25, -0.2) is 9.18 Å². The molecule has 2 atom stereocenters. The molecular weight excluding hydrogens is 563 g/mol. The predicted molar refractivity (Wildman–Crippen MR) is 156 cm³/mol. The van der Waals surface area contributed by atoms with Gasteiger partial charge in [0.05, 0.1) is 32.0 Å². The largest absolute Gasteiger partial charge is 0.443 e. The number of aromatic nitrogens is 2. The van der Waals surface area contributed by atoms with Crippen LogP contribution in [0.3, 0.4) is 0 Å². The van der Waals surface area contributed by atoms with E-state index in [9.17, 15) is 14.9 Å². The second-order valence-electron chi connectivity index (χ2n) is 12.1. The first kappa shape index (κ1) is 29.7. The van der Waals surface area contributed by atoms with E-state index in [-0.39, 0.29) is 29.6 Å². The van der Waals surface area contributed by atoms with Gasteiger partial charge in [-0.05, 0) is 52.4 Å². The highest BCUT2D eigenvalue weighted by atomic mass is 28.4. The lowest BCUT2D eigenvalue weighted by molar-refractivity contribution is -0.389. The van der Waals surface area contributed by atoms with Crippen molar-refractivity contribution in [2.45, 2.75) is 64.3 Å². The molecular formula is C29H35FN4O7Si. The molecule has 3 heterocycles. The minimum atomic E-state index is -1.99. The van der Waals surface area contributed by atoms with Crippen LogP contribution in [-0.2, 0) is 27.1 Å². The van der Waals surface area contributed by atoms with Gasteiger partial charge in [0.15, 0.2) is 8.32 Å². The Hall–Kier alpha value is -3.81. The average molecular weight is 599 g/mol. The van der Waals surface area contributed by atoms with Crippen molar-refractivity contribution in [3.8, 4) is 17.1 Å². The Morgan fingerprint density at radius 3 is 2.57 bits per heavy atom. The molecule has 0 radical (unpaired) electrons. The maximum absolute atomic E-state index is 15.2. The third-order valence-electron chi connectivity index (χ3n) is 8.04. The number of hydrogen-bond donors (Lipinski definition) is 0. The number of anilines is 1. The van der Waals surface area contributed by atoms with Crippen molar-refractivity contribution in [3.05, 3.63) is 70.2 Å². The van der Waals surface area contributed by atoms with Crippen LogP contribution in [0, 0.1) is 15.9 Å². The zero-order chi connectivity index (χ0) is 30.2. The molecule has 1 amide bonds. The molecule has 13 heteroatoms. The fourth-order valence-corrected chi connectivity index (χ4v) is 5.53. The second-order valence-corrected chi connectivity index (χ2v) is 16.9. The molecule has 3 aromatic rings. The minimum Gasteiger partial charge on any atom is -0.443 e. The summed E-state index contributed by atoms with van der Waals surface area (Å²) >= 11 is 0. The number of halogens is 1. The summed E-state index contributed by atoms with van der Waals surface area (Å²) in [5.74, 6) is -0.715. The lowest BCUT2D eigenvalue weighted by Gasteiger charge is -2.36. The maximum atomic E-state index is 15.2. The number of cyclic esters (lactones) is 1. The Morgan fingerprint density at radius 2 is 1.90 bits per heavy atom. The summed E-state index contributed by atoms with van der Waals surface area (Å²) in [6.07, 6.45) is 0.104. The SMILES string of the molecule is CC(C)(C)[Si](C)(C)OCC1CN(c2ccc(-c3ccc(COC4COc5nc([N+](=O)[O-])cn5C4)cc3)c(F)c2)C(=O)O1. The number of benzene rings is 2. The van der Waals surface area contributed by atoms with Crippen molar-refractivity contribution in [1.82, 2.24) is 9.55 Å². The quantitative estimate of drug-likeness (QED) is 0.169. The lowest BCUT2D eigenvalue weighted by Crippen LogP contribution is -2.43. The molecule has 2 aliphatic rings. The van der Waals surface area contributed by atoms with Gasteiger partial charge in [0.25, 0.3) is 0 Å². The number of rotatable bonds is 9. The summed E-state index contributed by atoms with van der Waals surface area (Å²) in [5, 5.41) is 11.0. The third-order valence-corrected chi connectivity index (χ3v) is 12.5. The number of amides is 1. The van der Waals surface area contributed by atoms with Crippen LogP contribution in [0.25, 0.3) is 11.1 Å². The van der Waals surface area contributed by atoms with E-state index < -0.39 is 31.3 Å². The highest BCUT2D eigenvalue weighted by molar-refractivity contribution is 6.74. The van der Waals surface area contributed by atoms with Crippen LogP contribution in [0.4, 0.5) is 20.7 Å². The van der Waals surface area contributed by atoms with Gasteiger partial charge in [0.2, 0.25) is 0 Å². The summed E-state index contributed by atoms with van der Waals surface area (Å²) in [4.78, 5) is 28.2. The molecule has 11 nitrogen and oxygen atoms in total. The number of carbonyl (C=O) groups is 1. The van der Waals surface area contributed by atoms with E-state index in [0.29, 0.717) is 43.1 Å². The molecule has 0 spiro atoms. The summed E-state index contributed by atoms with van der Waals surface area (Å²) < 4.78 is 39.9. The minimum absolute atomic E-state index is 0.0441. The van der Waals surface area contributed by atoms with Gasteiger partial charge in [-0.3, -0.25) is 9.47 Å². The van der Waals surface area contributed by atoms with Crippen LogP contribution in [-0.4, -0.2) is 60.9 Å². The van der Waals surface area contributed by atoms with Crippen LogP contribution in [0.5, 0.6) is 6.01 Å². The molecule has 2 aromatic carbocycles. The highest BCUT2D eigenvalue weighted by Gasteiger charge is 2.40. The molecule has 1 aromatic heterocycles. The van der Waals surface area contributed by atoms with E-state index in [0.717, 1.165) is 5.56 Å². The molecule has 2 aliphatic heterocycles. The Labute approximate surface area is 244 Å². The molecule has 2 unspecified atom stereocenters. The molecule has 42 heavy (non-hydrogen) atoms. The van der Waals surface area contributed by atoms with Gasteiger partial charge in [-0.1, -0.05) is 45.0 Å². The summed E-state index contributed by atoms with van der Waals surface area (Å²) in [6.45, 7) is 12.3. The molecule has 0 aliphatic carbocycles. The van der Waals surface area contributed by atoms with Crippen molar-refractivity contribution in [3.63, 3.8) is 0 Å². The molecule has 1 saturated heterocycles. The van der Waals surface area contributed by atoms with Crippen LogP contribution >= 0.6 is 0 Å². The normalized spacial score (nSPS) is 18.9. The summed E-state index contributed by atoms with van der Waals surface area (Å²) in [7, 11) is -1.99. The van der Waals surface area contributed by atoms with Crippen LogP contribution in [0.15, 0.2) is 48.7 Å². The maximum Gasteiger partial charge on any atom is 0.414 e. The number of hydrogen-bond acceptors (Lipinski definition) is 8. The van der Waals surface area contributed by atoms with Gasteiger partial charge in [-0.15, -0.1) is 0 Å². The smallest absolute Gasteiger partial charge is 0.414 e. The molecule has 5 rings (SSSR count). The Kier molecular flexibility index (Phi) is 8.10. The van der Waals surface area contributed by atoms with E-state index >= 15 is 4.39 Å². The number of fused-ring (bicyclic) bond motifs is 1. The first-order valence-electron chi connectivity index (χ1n) is 13.8. The molecule has 1 fully saturated rings. The van der Waals surface area contributed by atoms with Gasteiger partial charge in [-0.2, -0.15) is 0 Å². The molecule has 0 N–H and O–H groups in total. The number of ether oxygens (including phenoxy) is 3. The van der Waals surface area contributed by atoms with E-state index in [2.05, 4.69) is 38.8 Å². The Bertz CT molecular complexity index is 1470. The van der Waals surface area contributed by atoms with Crippen LogP contribution in [0.2, 0.25) is 18.1 Å². The average Bonchev–Trinajstić information content (AvgIpc) is 3.53. The van der Waals surface area contributed by atoms with Gasteiger partial charge in [0.1, 0.15) is 30.8 Å². The fraction of sp³-hybridized carbons (Fsp3) is 0.448. The fourth-order valence-electron chi connectivity index (χ4n) is 4.50. The number of nitrogens with zero attached hydrogens (tertiary/aromatic N) is 4. The summed E-state index contributed by atoms with van der Waals surface area (Å²) in [6, 6.07) is 12.2. The van der Waals surface area contributed by atoms with Crippen molar-refractivity contribution in [1.29, 1.82) is 0 Å². The topological polar surface area (TPSA) is 118 Å². The molecule has 224 valence electrons. The van der Waals surface area contributed by atoms with Gasteiger partial charge in [0, 0.05) is 10.5 Å². The third kappa shape index (κ3) is 6.32. The van der Waals surface area contributed by atoms with Crippen LogP contribution < -0.4 is 9.64 Å². The van der Waals surface area contributed by atoms with Crippen molar-refractivity contribution in [2.24, 2.45) is 0 Å². The van der Waals surface area contributed by atoms with Crippen molar-refractivity contribution < 1.29 is 32.7 Å². The standard InChI is InChI=1S/C29H35FN4O7Si/c1-29(2,3)42(4,5)40-18-23-14-33(28(35)41-23)21-10-11-24(25(30)12-21)20-8-6-19(7-9-20)16-38-22-13-32-15-26(34(36)37)31-27(32)39-17-22/h6-12,15,22-23H,13-14,16-18H2,1-5H3. The van der Waals surface area contributed by atoms with Crippen LogP contribution in [0.1, 0.15) is 26.3 Å². The monoisotopic (exact) mass is 598 g/mol. The highest BCUT2D eigenvalue weighted by Crippen LogP contribution is 2.37. The number of imidazole rings is 1. The predicted octanol–water partition coefficient (Wildman–Crippen LogP) is 5.92. The van der Waals surface area contributed by atoms with Gasteiger partial charge < -0.3 is 28.8 Å². The van der Waals surface area contributed by atoms with Gasteiger partial charge >= 0.3 is 17.9 Å². The zero-order valence-corrected chi connectivity index (χ0v) is 25.3. The second kappa shape index (κ2) is 11.5. The first-order valence-corrected chi connectivity index (χ1v) is 16.7. The lowest BCUT2D eigenvalue weighted by atomic mass is 10.0.